The van der Waals surface area contributed by atoms with Crippen molar-refractivity contribution >= 4 is 11.8 Å². The maximum Gasteiger partial charge on any atom is 0.270 e. The van der Waals surface area contributed by atoms with Gasteiger partial charge in [-0.3, -0.25) is 9.59 Å². The third-order valence-corrected chi connectivity index (χ3v) is 3.68. The monoisotopic (exact) mass is 263 g/mol. The lowest BCUT2D eigenvalue weighted by molar-refractivity contribution is -0.119. The van der Waals surface area contributed by atoms with E-state index >= 15 is 0 Å². The van der Waals surface area contributed by atoms with Crippen LogP contribution >= 0.6 is 0 Å². The summed E-state index contributed by atoms with van der Waals surface area (Å²) in [6.07, 6.45) is 4.02. The molecule has 1 aromatic heterocycles. The number of aromatic amines is 1. The molecule has 0 aromatic carbocycles. The SMILES string of the molecule is CCc1ccc(C(=O)N2CCCC[C@H]2CC(N)=O)[nH]1. The molecular formula is C14H21N3O2. The Bertz CT molecular complexity index is 467. The van der Waals surface area contributed by atoms with E-state index in [1.165, 1.54) is 0 Å². The van der Waals surface area contributed by atoms with Crippen molar-refractivity contribution in [1.82, 2.24) is 9.88 Å². The molecule has 0 saturated carbocycles. The Kier molecular flexibility index (Phi) is 4.24. The number of likely N-dealkylation sites (tertiary alicyclic amines) is 1. The molecule has 2 rings (SSSR count). The van der Waals surface area contributed by atoms with Crippen LogP contribution in [0.2, 0.25) is 0 Å². The third kappa shape index (κ3) is 3.16. The van der Waals surface area contributed by atoms with E-state index in [-0.39, 0.29) is 24.3 Å². The predicted molar refractivity (Wildman–Crippen MR) is 72.7 cm³/mol. The molecule has 3 N–H and O–H groups in total. The van der Waals surface area contributed by atoms with Crippen LogP contribution in [0, 0.1) is 0 Å². The highest BCUT2D eigenvalue weighted by Crippen LogP contribution is 2.21. The summed E-state index contributed by atoms with van der Waals surface area (Å²) in [4.78, 5) is 28.5. The van der Waals surface area contributed by atoms with Crippen molar-refractivity contribution in [3.63, 3.8) is 0 Å². The largest absolute Gasteiger partial charge is 0.370 e. The summed E-state index contributed by atoms with van der Waals surface area (Å²) in [6.45, 7) is 2.74. The second-order valence-electron chi connectivity index (χ2n) is 5.07. The molecule has 2 amide bonds. The number of hydrogen-bond acceptors (Lipinski definition) is 2. The number of nitrogens with one attached hydrogen (secondary N) is 1. The van der Waals surface area contributed by atoms with Crippen molar-refractivity contribution in [3.8, 4) is 0 Å². The molecule has 5 heteroatoms. The van der Waals surface area contributed by atoms with Crippen LogP contribution in [-0.2, 0) is 11.2 Å². The Morgan fingerprint density at radius 3 is 2.84 bits per heavy atom. The quantitative estimate of drug-likeness (QED) is 0.862. The van der Waals surface area contributed by atoms with E-state index in [9.17, 15) is 9.59 Å². The Balaban J connectivity index is 2.12. The van der Waals surface area contributed by atoms with Gasteiger partial charge in [-0.05, 0) is 37.8 Å². The summed E-state index contributed by atoms with van der Waals surface area (Å²) in [5.41, 5.74) is 6.92. The first-order chi connectivity index (χ1) is 9.11. The van der Waals surface area contributed by atoms with E-state index in [1.54, 1.807) is 4.90 Å². The van der Waals surface area contributed by atoms with Crippen molar-refractivity contribution in [2.24, 2.45) is 5.73 Å². The van der Waals surface area contributed by atoms with Crippen molar-refractivity contribution in [1.29, 1.82) is 0 Å². The lowest BCUT2D eigenvalue weighted by Gasteiger charge is -2.35. The molecule has 1 aromatic rings. The van der Waals surface area contributed by atoms with Crippen molar-refractivity contribution in [2.45, 2.75) is 45.1 Å². The molecule has 0 unspecified atom stereocenters. The smallest absolute Gasteiger partial charge is 0.270 e. The topological polar surface area (TPSA) is 79.2 Å². The lowest BCUT2D eigenvalue weighted by atomic mass is 9.98. The molecule has 0 radical (unpaired) electrons. The second kappa shape index (κ2) is 5.91. The first-order valence-electron chi connectivity index (χ1n) is 6.89. The zero-order valence-corrected chi connectivity index (χ0v) is 11.3. The van der Waals surface area contributed by atoms with Gasteiger partial charge in [-0.2, -0.15) is 0 Å². The highest BCUT2D eigenvalue weighted by molar-refractivity contribution is 5.93. The number of amides is 2. The van der Waals surface area contributed by atoms with Gasteiger partial charge in [-0.1, -0.05) is 6.92 Å². The Hall–Kier alpha value is -1.78. The standard InChI is InChI=1S/C14H21N3O2/c1-2-10-6-7-12(16-10)14(19)17-8-4-3-5-11(17)9-13(15)18/h6-7,11,16H,2-5,8-9H2,1H3,(H2,15,18)/t11-/m0/s1. The average Bonchev–Trinajstić information content (AvgIpc) is 2.86. The summed E-state index contributed by atoms with van der Waals surface area (Å²) < 4.78 is 0. The number of nitrogens with two attached hydrogens (primary N) is 1. The van der Waals surface area contributed by atoms with Gasteiger partial charge in [0.2, 0.25) is 5.91 Å². The first-order valence-corrected chi connectivity index (χ1v) is 6.89. The van der Waals surface area contributed by atoms with E-state index in [0.29, 0.717) is 12.2 Å². The van der Waals surface area contributed by atoms with Crippen molar-refractivity contribution < 1.29 is 9.59 Å². The van der Waals surface area contributed by atoms with E-state index in [0.717, 1.165) is 31.4 Å². The average molecular weight is 263 g/mol. The van der Waals surface area contributed by atoms with Gasteiger partial charge in [0, 0.05) is 24.7 Å². The number of H-pyrrole nitrogens is 1. The van der Waals surface area contributed by atoms with Gasteiger partial charge >= 0.3 is 0 Å². The molecule has 5 nitrogen and oxygen atoms in total. The molecule has 1 fully saturated rings. The number of piperidine rings is 1. The molecule has 2 heterocycles. The Labute approximate surface area is 113 Å². The maximum absolute atomic E-state index is 12.5. The second-order valence-corrected chi connectivity index (χ2v) is 5.07. The fraction of sp³-hybridized carbons (Fsp3) is 0.571. The van der Waals surface area contributed by atoms with E-state index in [2.05, 4.69) is 4.98 Å². The molecule has 0 spiro atoms. The molecule has 0 aliphatic carbocycles. The first kappa shape index (κ1) is 13.6. The lowest BCUT2D eigenvalue weighted by Crippen LogP contribution is -2.45. The number of nitrogens with zero attached hydrogens (tertiary/aromatic N) is 1. The van der Waals surface area contributed by atoms with Crippen LogP contribution in [0.15, 0.2) is 12.1 Å². The fourth-order valence-corrected chi connectivity index (χ4v) is 2.64. The van der Waals surface area contributed by atoms with Gasteiger partial charge in [-0.25, -0.2) is 0 Å². The number of hydrogen-bond donors (Lipinski definition) is 2. The van der Waals surface area contributed by atoms with Crippen LogP contribution in [0.3, 0.4) is 0 Å². The van der Waals surface area contributed by atoms with Crippen LogP contribution in [0.5, 0.6) is 0 Å². The summed E-state index contributed by atoms with van der Waals surface area (Å²) in [7, 11) is 0. The molecule has 1 saturated heterocycles. The number of aromatic nitrogens is 1. The van der Waals surface area contributed by atoms with Crippen LogP contribution in [0.1, 0.15) is 48.8 Å². The molecule has 104 valence electrons. The zero-order chi connectivity index (χ0) is 13.8. The normalized spacial score (nSPS) is 19.4. The summed E-state index contributed by atoms with van der Waals surface area (Å²) in [5.74, 6) is -0.365. The van der Waals surface area contributed by atoms with Crippen LogP contribution in [-0.4, -0.2) is 34.3 Å². The minimum Gasteiger partial charge on any atom is -0.370 e. The fourth-order valence-electron chi connectivity index (χ4n) is 2.64. The van der Waals surface area contributed by atoms with Gasteiger partial charge < -0.3 is 15.6 Å². The Morgan fingerprint density at radius 2 is 2.21 bits per heavy atom. The van der Waals surface area contributed by atoms with Crippen LogP contribution in [0.25, 0.3) is 0 Å². The van der Waals surface area contributed by atoms with E-state index in [1.807, 2.05) is 19.1 Å². The molecule has 0 bridgehead atoms. The summed E-state index contributed by atoms with van der Waals surface area (Å²) in [6, 6.07) is 3.70. The van der Waals surface area contributed by atoms with E-state index in [4.69, 9.17) is 5.73 Å². The van der Waals surface area contributed by atoms with Crippen molar-refractivity contribution in [3.05, 3.63) is 23.5 Å². The van der Waals surface area contributed by atoms with Gasteiger partial charge in [-0.15, -0.1) is 0 Å². The van der Waals surface area contributed by atoms with Gasteiger partial charge in [0.25, 0.3) is 5.91 Å². The predicted octanol–water partition coefficient (Wildman–Crippen LogP) is 1.45. The number of carbonyl (C=O) groups excluding carboxylic acids is 2. The third-order valence-electron chi connectivity index (χ3n) is 3.68. The zero-order valence-electron chi connectivity index (χ0n) is 11.3. The number of primary amides is 1. The van der Waals surface area contributed by atoms with Crippen molar-refractivity contribution in [2.75, 3.05) is 6.54 Å². The van der Waals surface area contributed by atoms with E-state index < -0.39 is 0 Å². The molecule has 1 atom stereocenters. The number of aryl methyl sites for hydroxylation is 1. The van der Waals surface area contributed by atoms with Gasteiger partial charge in [0.05, 0.1) is 0 Å². The highest BCUT2D eigenvalue weighted by Gasteiger charge is 2.29. The highest BCUT2D eigenvalue weighted by atomic mass is 16.2. The molecule has 1 aliphatic rings. The van der Waals surface area contributed by atoms with Crippen LogP contribution in [0.4, 0.5) is 0 Å². The van der Waals surface area contributed by atoms with Gasteiger partial charge in [0.15, 0.2) is 0 Å². The van der Waals surface area contributed by atoms with Gasteiger partial charge in [0.1, 0.15) is 5.69 Å². The number of carbonyl (C=O) groups is 2. The molecule has 19 heavy (non-hydrogen) atoms. The summed E-state index contributed by atoms with van der Waals surface area (Å²) >= 11 is 0. The minimum absolute atomic E-state index is 0.0225. The molecular weight excluding hydrogens is 242 g/mol. The minimum atomic E-state index is -0.342. The molecule has 1 aliphatic heterocycles. The number of rotatable bonds is 4. The summed E-state index contributed by atoms with van der Waals surface area (Å²) in [5, 5.41) is 0. The van der Waals surface area contributed by atoms with Crippen LogP contribution < -0.4 is 5.73 Å². The maximum atomic E-state index is 12.5. The Morgan fingerprint density at radius 1 is 1.42 bits per heavy atom.